The van der Waals surface area contributed by atoms with Crippen LogP contribution in [0.4, 0.5) is 0 Å². The van der Waals surface area contributed by atoms with Gasteiger partial charge in [-0.25, -0.2) is 9.98 Å². The van der Waals surface area contributed by atoms with E-state index in [-0.39, 0.29) is 0 Å². The lowest BCUT2D eigenvalue weighted by Crippen LogP contribution is -2.03. The van der Waals surface area contributed by atoms with E-state index < -0.39 is 0 Å². The van der Waals surface area contributed by atoms with Gasteiger partial charge in [0.05, 0.1) is 6.54 Å². The third-order valence-electron chi connectivity index (χ3n) is 0.558. The Balaban J connectivity index is 2.68. The van der Waals surface area contributed by atoms with Crippen LogP contribution in [0.2, 0.25) is 0 Å². The Morgan fingerprint density at radius 3 is 2.83 bits per heavy atom. The average molecular weight is 83.1 g/mol. The number of guanidine groups is 1. The SMILES string of the molecule is NC1=NCC=N1. The highest BCUT2D eigenvalue weighted by molar-refractivity contribution is 5.91. The smallest absolute Gasteiger partial charge is 0.215 e. The topological polar surface area (TPSA) is 50.7 Å². The summed E-state index contributed by atoms with van der Waals surface area (Å²) < 4.78 is 0. The highest BCUT2D eigenvalue weighted by atomic mass is 15.1. The summed E-state index contributed by atoms with van der Waals surface area (Å²) in [5, 5.41) is 0. The molecule has 1 aliphatic rings. The van der Waals surface area contributed by atoms with Gasteiger partial charge in [-0.1, -0.05) is 0 Å². The molecule has 0 atom stereocenters. The summed E-state index contributed by atoms with van der Waals surface area (Å²) >= 11 is 0. The third kappa shape index (κ3) is 0.381. The molecule has 1 aliphatic heterocycles. The maximum Gasteiger partial charge on any atom is 0.215 e. The van der Waals surface area contributed by atoms with Crippen molar-refractivity contribution in [1.29, 1.82) is 0 Å². The van der Waals surface area contributed by atoms with Crippen molar-refractivity contribution < 1.29 is 0 Å². The molecule has 0 saturated heterocycles. The lowest BCUT2D eigenvalue weighted by molar-refractivity contribution is 1.34. The molecule has 0 aromatic heterocycles. The van der Waals surface area contributed by atoms with E-state index in [1.165, 1.54) is 0 Å². The van der Waals surface area contributed by atoms with E-state index in [2.05, 4.69) is 9.98 Å². The zero-order valence-corrected chi connectivity index (χ0v) is 3.26. The highest BCUT2D eigenvalue weighted by Crippen LogP contribution is 1.78. The van der Waals surface area contributed by atoms with Crippen molar-refractivity contribution in [3.63, 3.8) is 0 Å². The molecular weight excluding hydrogens is 78.1 g/mol. The predicted octanol–water partition coefficient (Wildman–Crippen LogP) is -0.615. The summed E-state index contributed by atoms with van der Waals surface area (Å²) in [6.45, 7) is 0.659. The van der Waals surface area contributed by atoms with Crippen molar-refractivity contribution in [3.05, 3.63) is 0 Å². The second-order valence-corrected chi connectivity index (χ2v) is 1.01. The molecule has 32 valence electrons. The van der Waals surface area contributed by atoms with Gasteiger partial charge >= 0.3 is 0 Å². The van der Waals surface area contributed by atoms with Crippen LogP contribution in [0.5, 0.6) is 0 Å². The fourth-order valence-corrected chi connectivity index (χ4v) is 0.310. The Labute approximate surface area is 35.6 Å². The molecule has 2 N–H and O–H groups in total. The number of nitrogens with two attached hydrogens (primary N) is 1. The van der Waals surface area contributed by atoms with Gasteiger partial charge in [0.15, 0.2) is 0 Å². The second-order valence-electron chi connectivity index (χ2n) is 1.01. The largest absolute Gasteiger partial charge is 0.368 e. The first-order valence-corrected chi connectivity index (χ1v) is 1.72. The van der Waals surface area contributed by atoms with E-state index in [0.29, 0.717) is 12.5 Å². The molecule has 0 aromatic carbocycles. The van der Waals surface area contributed by atoms with Crippen molar-refractivity contribution in [2.45, 2.75) is 0 Å². The molecule has 0 fully saturated rings. The summed E-state index contributed by atoms with van der Waals surface area (Å²) in [7, 11) is 0. The first-order chi connectivity index (χ1) is 2.89. The standard InChI is InChI=1S/C3H5N3/c4-3-5-1-2-6-3/h1H,2H2,(H2,4,6). The van der Waals surface area contributed by atoms with Crippen LogP contribution in [-0.2, 0) is 0 Å². The van der Waals surface area contributed by atoms with E-state index in [1.54, 1.807) is 6.21 Å². The molecule has 0 saturated carbocycles. The number of nitrogens with zero attached hydrogens (tertiary/aromatic N) is 2. The molecule has 0 bridgehead atoms. The van der Waals surface area contributed by atoms with Crippen LogP contribution in [0.3, 0.4) is 0 Å². The van der Waals surface area contributed by atoms with Crippen LogP contribution in [0.25, 0.3) is 0 Å². The zero-order chi connectivity index (χ0) is 4.41. The van der Waals surface area contributed by atoms with E-state index in [9.17, 15) is 0 Å². The number of aliphatic imine (C=N–C) groups is 2. The molecule has 0 unspecified atom stereocenters. The average Bonchev–Trinajstić information content (AvgIpc) is 1.86. The fraction of sp³-hybridized carbons (Fsp3) is 0.333. The van der Waals surface area contributed by atoms with Crippen LogP contribution < -0.4 is 5.73 Å². The van der Waals surface area contributed by atoms with E-state index >= 15 is 0 Å². The lowest BCUT2D eigenvalue weighted by Gasteiger charge is -1.73. The zero-order valence-electron chi connectivity index (χ0n) is 3.26. The van der Waals surface area contributed by atoms with Gasteiger partial charge < -0.3 is 5.73 Å². The molecule has 1 rings (SSSR count). The highest BCUT2D eigenvalue weighted by Gasteiger charge is 1.87. The van der Waals surface area contributed by atoms with Crippen molar-refractivity contribution >= 4 is 12.2 Å². The summed E-state index contributed by atoms with van der Waals surface area (Å²) in [5.74, 6) is 0.398. The number of rotatable bonds is 0. The lowest BCUT2D eigenvalue weighted by atomic mass is 10.8. The van der Waals surface area contributed by atoms with Crippen LogP contribution in [0.15, 0.2) is 9.98 Å². The van der Waals surface area contributed by atoms with Gasteiger partial charge in [-0.05, 0) is 0 Å². The van der Waals surface area contributed by atoms with Gasteiger partial charge in [0, 0.05) is 6.21 Å². The van der Waals surface area contributed by atoms with Crippen molar-refractivity contribution in [2.75, 3.05) is 6.54 Å². The van der Waals surface area contributed by atoms with Crippen molar-refractivity contribution in [1.82, 2.24) is 0 Å². The van der Waals surface area contributed by atoms with Crippen LogP contribution in [0, 0.1) is 0 Å². The fourth-order valence-electron chi connectivity index (χ4n) is 0.310. The minimum atomic E-state index is 0.398. The molecule has 0 spiro atoms. The Morgan fingerprint density at radius 1 is 1.83 bits per heavy atom. The quantitative estimate of drug-likeness (QED) is 0.417. The molecule has 0 amide bonds. The minimum absolute atomic E-state index is 0.398. The van der Waals surface area contributed by atoms with Gasteiger partial charge in [-0.2, -0.15) is 0 Å². The van der Waals surface area contributed by atoms with Gasteiger partial charge in [-0.3, -0.25) is 0 Å². The maximum absolute atomic E-state index is 5.09. The van der Waals surface area contributed by atoms with Gasteiger partial charge in [-0.15, -0.1) is 0 Å². The Hall–Kier alpha value is -0.860. The first-order valence-electron chi connectivity index (χ1n) is 1.72. The predicted molar refractivity (Wildman–Crippen MR) is 25.0 cm³/mol. The van der Waals surface area contributed by atoms with Crippen LogP contribution in [0.1, 0.15) is 0 Å². The Bertz CT molecular complexity index is 99.9. The van der Waals surface area contributed by atoms with E-state index in [1.807, 2.05) is 0 Å². The minimum Gasteiger partial charge on any atom is -0.368 e. The van der Waals surface area contributed by atoms with Crippen molar-refractivity contribution in [3.8, 4) is 0 Å². The summed E-state index contributed by atoms with van der Waals surface area (Å²) in [6.07, 6.45) is 1.68. The normalized spacial score (nSPS) is 18.3. The molecular formula is C3H5N3. The maximum atomic E-state index is 5.09. The molecule has 6 heavy (non-hydrogen) atoms. The Kier molecular flexibility index (Phi) is 0.602. The molecule has 3 nitrogen and oxygen atoms in total. The van der Waals surface area contributed by atoms with E-state index in [4.69, 9.17) is 5.73 Å². The molecule has 3 heteroatoms. The number of hydrogen-bond acceptors (Lipinski definition) is 3. The van der Waals surface area contributed by atoms with Gasteiger partial charge in [0.2, 0.25) is 5.96 Å². The van der Waals surface area contributed by atoms with E-state index in [0.717, 1.165) is 0 Å². The summed E-state index contributed by atoms with van der Waals surface area (Å²) in [5.41, 5.74) is 5.09. The molecule has 1 heterocycles. The molecule has 0 aliphatic carbocycles. The van der Waals surface area contributed by atoms with Gasteiger partial charge in [0.1, 0.15) is 0 Å². The number of hydrogen-bond donors (Lipinski definition) is 1. The van der Waals surface area contributed by atoms with Crippen molar-refractivity contribution in [2.24, 2.45) is 15.7 Å². The van der Waals surface area contributed by atoms with Crippen LogP contribution in [-0.4, -0.2) is 18.7 Å². The summed E-state index contributed by atoms with van der Waals surface area (Å²) in [4.78, 5) is 7.35. The second kappa shape index (κ2) is 1.08. The molecule has 0 radical (unpaired) electrons. The first kappa shape index (κ1) is 3.33. The van der Waals surface area contributed by atoms with Gasteiger partial charge in [0.25, 0.3) is 0 Å². The Morgan fingerprint density at radius 2 is 2.67 bits per heavy atom. The molecule has 0 aromatic rings. The third-order valence-corrected chi connectivity index (χ3v) is 0.558. The van der Waals surface area contributed by atoms with Crippen LogP contribution >= 0.6 is 0 Å². The monoisotopic (exact) mass is 83.0 g/mol. The summed E-state index contributed by atoms with van der Waals surface area (Å²) in [6, 6.07) is 0.